The van der Waals surface area contributed by atoms with E-state index in [1.807, 2.05) is 10.9 Å². The van der Waals surface area contributed by atoms with Crippen LogP contribution in [-0.4, -0.2) is 12.1 Å². The third-order valence-electron chi connectivity index (χ3n) is 2.75. The van der Waals surface area contributed by atoms with Gasteiger partial charge in [-0.15, -0.1) is 11.3 Å². The molecular weight excluding hydrogens is 232 g/mol. The number of nitrogens with one attached hydrogen (secondary N) is 1. The van der Waals surface area contributed by atoms with Crippen LogP contribution < -0.4 is 10.1 Å². The van der Waals surface area contributed by atoms with Crippen LogP contribution in [0.25, 0.3) is 0 Å². The van der Waals surface area contributed by atoms with Gasteiger partial charge in [-0.2, -0.15) is 0 Å². The zero-order valence-electron chi connectivity index (χ0n) is 10.3. The Bertz CT molecular complexity index is 494. The summed E-state index contributed by atoms with van der Waals surface area (Å²) in [5.41, 5.74) is 6.31. The van der Waals surface area contributed by atoms with E-state index in [2.05, 4.69) is 36.3 Å². The number of thiazole rings is 1. The normalized spacial score (nSPS) is 10.3. The van der Waals surface area contributed by atoms with Gasteiger partial charge in [0, 0.05) is 16.6 Å². The summed E-state index contributed by atoms with van der Waals surface area (Å²) >= 11 is 1.61. The van der Waals surface area contributed by atoms with E-state index in [4.69, 9.17) is 4.74 Å². The predicted octanol–water partition coefficient (Wildman–Crippen LogP) is 3.38. The van der Waals surface area contributed by atoms with Crippen LogP contribution in [0.2, 0.25) is 0 Å². The van der Waals surface area contributed by atoms with Crippen LogP contribution in [0.15, 0.2) is 23.0 Å². The molecule has 0 aliphatic heterocycles. The van der Waals surface area contributed by atoms with Crippen LogP contribution in [-0.2, 0) is 6.54 Å². The molecule has 0 saturated carbocycles. The minimum atomic E-state index is 0.747. The molecule has 3 nitrogen and oxygen atoms in total. The van der Waals surface area contributed by atoms with E-state index in [0.717, 1.165) is 34.8 Å². The molecule has 0 saturated heterocycles. The first-order valence-corrected chi connectivity index (χ1v) is 6.41. The number of aryl methyl sites for hydroxylation is 1. The molecule has 2 rings (SSSR count). The first-order valence-electron chi connectivity index (χ1n) is 5.47. The average molecular weight is 248 g/mol. The Morgan fingerprint density at radius 1 is 1.35 bits per heavy atom. The zero-order valence-corrected chi connectivity index (χ0v) is 11.1. The molecule has 0 unspecified atom stereocenters. The van der Waals surface area contributed by atoms with Crippen LogP contribution >= 0.6 is 11.3 Å². The van der Waals surface area contributed by atoms with Crippen molar-refractivity contribution in [1.29, 1.82) is 0 Å². The van der Waals surface area contributed by atoms with Crippen molar-refractivity contribution in [2.75, 3.05) is 12.4 Å². The predicted molar refractivity (Wildman–Crippen MR) is 71.9 cm³/mol. The molecule has 2 aromatic rings. The molecule has 4 heteroatoms. The third-order valence-corrected chi connectivity index (χ3v) is 3.39. The van der Waals surface area contributed by atoms with E-state index < -0.39 is 0 Å². The van der Waals surface area contributed by atoms with Crippen LogP contribution in [0, 0.1) is 13.8 Å². The molecule has 17 heavy (non-hydrogen) atoms. The van der Waals surface area contributed by atoms with Crippen LogP contribution in [0.4, 0.5) is 5.69 Å². The Morgan fingerprint density at radius 2 is 2.18 bits per heavy atom. The number of aromatic nitrogens is 1. The van der Waals surface area contributed by atoms with Gasteiger partial charge < -0.3 is 10.1 Å². The third kappa shape index (κ3) is 2.58. The number of methoxy groups -OCH3 is 1. The van der Waals surface area contributed by atoms with Gasteiger partial charge in [-0.3, -0.25) is 0 Å². The van der Waals surface area contributed by atoms with Crippen molar-refractivity contribution in [3.05, 3.63) is 39.8 Å². The second kappa shape index (κ2) is 5.19. The molecule has 0 amide bonds. The minimum Gasteiger partial charge on any atom is -0.496 e. The largest absolute Gasteiger partial charge is 0.496 e. The number of nitrogens with zero attached hydrogens (tertiary/aromatic N) is 1. The molecule has 1 aromatic heterocycles. The highest BCUT2D eigenvalue weighted by atomic mass is 32.1. The maximum atomic E-state index is 5.40. The smallest absolute Gasteiger partial charge is 0.126 e. The lowest BCUT2D eigenvalue weighted by Gasteiger charge is -2.14. The van der Waals surface area contributed by atoms with Gasteiger partial charge in [0.2, 0.25) is 0 Å². The van der Waals surface area contributed by atoms with Crippen LogP contribution in [0.1, 0.15) is 16.8 Å². The Kier molecular flexibility index (Phi) is 3.64. The molecule has 0 atom stereocenters. The molecule has 1 N–H and O–H groups in total. The molecule has 0 spiro atoms. The second-order valence-electron chi connectivity index (χ2n) is 3.92. The van der Waals surface area contributed by atoms with E-state index in [1.54, 1.807) is 18.4 Å². The highest BCUT2D eigenvalue weighted by Gasteiger charge is 2.07. The molecule has 0 aliphatic carbocycles. The molecule has 0 aliphatic rings. The van der Waals surface area contributed by atoms with Crippen molar-refractivity contribution in [2.24, 2.45) is 0 Å². The van der Waals surface area contributed by atoms with Gasteiger partial charge in [0.25, 0.3) is 0 Å². The topological polar surface area (TPSA) is 34.1 Å². The number of rotatable bonds is 4. The first-order chi connectivity index (χ1) is 8.22. The summed E-state index contributed by atoms with van der Waals surface area (Å²) in [7, 11) is 1.71. The number of benzene rings is 1. The fraction of sp³-hybridized carbons (Fsp3) is 0.308. The van der Waals surface area contributed by atoms with Crippen molar-refractivity contribution in [1.82, 2.24) is 4.98 Å². The molecular formula is C13H16N2OS. The van der Waals surface area contributed by atoms with E-state index in [9.17, 15) is 0 Å². The van der Waals surface area contributed by atoms with E-state index in [0.29, 0.717) is 0 Å². The summed E-state index contributed by atoms with van der Waals surface area (Å²) < 4.78 is 5.40. The Balaban J connectivity index is 2.16. The van der Waals surface area contributed by atoms with Crippen molar-refractivity contribution in [3.63, 3.8) is 0 Å². The van der Waals surface area contributed by atoms with E-state index in [-0.39, 0.29) is 0 Å². The monoisotopic (exact) mass is 248 g/mol. The van der Waals surface area contributed by atoms with Gasteiger partial charge in [0.1, 0.15) is 5.75 Å². The maximum Gasteiger partial charge on any atom is 0.126 e. The van der Waals surface area contributed by atoms with Gasteiger partial charge in [-0.25, -0.2) is 4.98 Å². The van der Waals surface area contributed by atoms with Gasteiger partial charge in [0.15, 0.2) is 0 Å². The lowest BCUT2D eigenvalue weighted by Crippen LogP contribution is -2.03. The summed E-state index contributed by atoms with van der Waals surface area (Å²) in [6.45, 7) is 4.86. The van der Waals surface area contributed by atoms with Crippen molar-refractivity contribution < 1.29 is 4.74 Å². The lowest BCUT2D eigenvalue weighted by molar-refractivity contribution is 0.409. The maximum absolute atomic E-state index is 5.40. The van der Waals surface area contributed by atoms with Crippen molar-refractivity contribution in [2.45, 2.75) is 20.4 Å². The Morgan fingerprint density at radius 3 is 2.82 bits per heavy atom. The standard InChI is InChI=1S/C13H16N2OS/c1-9-4-5-12(10(2)13(9)16-3)14-6-11-7-17-8-15-11/h4-5,7-8,14H,6H2,1-3H3. The first kappa shape index (κ1) is 11.9. The summed E-state index contributed by atoms with van der Waals surface area (Å²) in [4.78, 5) is 4.25. The fourth-order valence-corrected chi connectivity index (χ4v) is 2.40. The zero-order chi connectivity index (χ0) is 12.3. The Labute approximate surface area is 105 Å². The van der Waals surface area contributed by atoms with Crippen molar-refractivity contribution in [3.8, 4) is 5.75 Å². The van der Waals surface area contributed by atoms with Crippen molar-refractivity contribution >= 4 is 17.0 Å². The quantitative estimate of drug-likeness (QED) is 0.900. The van der Waals surface area contributed by atoms with Gasteiger partial charge in [-0.1, -0.05) is 6.07 Å². The summed E-state index contributed by atoms with van der Waals surface area (Å²) in [5, 5.41) is 5.43. The van der Waals surface area contributed by atoms with Crippen LogP contribution in [0.3, 0.4) is 0 Å². The van der Waals surface area contributed by atoms with Gasteiger partial charge >= 0.3 is 0 Å². The lowest BCUT2D eigenvalue weighted by atomic mass is 10.1. The van der Waals surface area contributed by atoms with Crippen LogP contribution in [0.5, 0.6) is 5.75 Å². The number of ether oxygens (including phenoxy) is 1. The SMILES string of the molecule is COc1c(C)ccc(NCc2cscn2)c1C. The van der Waals surface area contributed by atoms with E-state index >= 15 is 0 Å². The molecule has 1 aromatic carbocycles. The molecule has 90 valence electrons. The number of hydrogen-bond donors (Lipinski definition) is 1. The number of hydrogen-bond acceptors (Lipinski definition) is 4. The number of anilines is 1. The van der Waals surface area contributed by atoms with Gasteiger partial charge in [0.05, 0.1) is 24.9 Å². The summed E-state index contributed by atoms with van der Waals surface area (Å²) in [5.74, 6) is 0.952. The Hall–Kier alpha value is -1.55. The molecule has 0 bridgehead atoms. The average Bonchev–Trinajstić information content (AvgIpc) is 2.82. The van der Waals surface area contributed by atoms with Gasteiger partial charge in [-0.05, 0) is 25.5 Å². The second-order valence-corrected chi connectivity index (χ2v) is 4.64. The summed E-state index contributed by atoms with van der Waals surface area (Å²) in [6, 6.07) is 4.15. The summed E-state index contributed by atoms with van der Waals surface area (Å²) in [6.07, 6.45) is 0. The molecule has 0 radical (unpaired) electrons. The highest BCUT2D eigenvalue weighted by Crippen LogP contribution is 2.29. The molecule has 1 heterocycles. The fourth-order valence-electron chi connectivity index (χ4n) is 1.84. The minimum absolute atomic E-state index is 0.747. The molecule has 0 fully saturated rings. The van der Waals surface area contributed by atoms with E-state index in [1.165, 1.54) is 0 Å². The highest BCUT2D eigenvalue weighted by molar-refractivity contribution is 7.07.